The van der Waals surface area contributed by atoms with Crippen molar-refractivity contribution in [1.82, 2.24) is 10.6 Å². The van der Waals surface area contributed by atoms with Crippen molar-refractivity contribution < 1.29 is 15.0 Å². The molecule has 0 unspecified atom stereocenters. The van der Waals surface area contributed by atoms with E-state index >= 15 is 0 Å². The lowest BCUT2D eigenvalue weighted by Gasteiger charge is -2.34. The fourth-order valence-corrected chi connectivity index (χ4v) is 1.84. The molecular weight excluding hydrogens is 208 g/mol. The molecule has 5 nitrogen and oxygen atoms in total. The van der Waals surface area contributed by atoms with E-state index in [0.717, 1.165) is 6.54 Å². The number of phenols is 1. The fraction of sp³-hybridized carbons (Fsp3) is 0.364. The maximum Gasteiger partial charge on any atom is 0.158 e. The van der Waals surface area contributed by atoms with Crippen molar-refractivity contribution in [3.8, 4) is 5.75 Å². The molecule has 0 radical (unpaired) electrons. The molecular formula is C11H14N2O3. The Morgan fingerprint density at radius 3 is 2.81 bits per heavy atom. The highest BCUT2D eigenvalue weighted by atomic mass is 16.3. The van der Waals surface area contributed by atoms with E-state index in [1.807, 2.05) is 0 Å². The third-order valence-corrected chi connectivity index (χ3v) is 2.70. The lowest BCUT2D eigenvalue weighted by Crippen LogP contribution is -2.56. The number of rotatable bonds is 2. The summed E-state index contributed by atoms with van der Waals surface area (Å²) in [7, 11) is 0. The Morgan fingerprint density at radius 1 is 1.38 bits per heavy atom. The van der Waals surface area contributed by atoms with Crippen molar-refractivity contribution >= 4 is 6.29 Å². The minimum atomic E-state index is -1.32. The van der Waals surface area contributed by atoms with Crippen LogP contribution < -0.4 is 10.6 Å². The molecule has 2 rings (SSSR count). The summed E-state index contributed by atoms with van der Waals surface area (Å²) in [4.78, 5) is 10.7. The molecule has 1 heterocycles. The largest absolute Gasteiger partial charge is 0.508 e. The third kappa shape index (κ3) is 1.92. The molecule has 0 aliphatic carbocycles. The summed E-state index contributed by atoms with van der Waals surface area (Å²) < 4.78 is 0. The highest BCUT2D eigenvalue weighted by Gasteiger charge is 2.33. The van der Waals surface area contributed by atoms with E-state index in [-0.39, 0.29) is 5.75 Å². The second kappa shape index (κ2) is 4.21. The lowest BCUT2D eigenvalue weighted by molar-refractivity contribution is -0.0131. The van der Waals surface area contributed by atoms with Crippen LogP contribution in [-0.2, 0) is 5.72 Å². The highest BCUT2D eigenvalue weighted by Crippen LogP contribution is 2.28. The number of aromatic hydroxyl groups is 1. The molecule has 1 saturated heterocycles. The molecule has 1 fully saturated rings. The Hall–Kier alpha value is -1.43. The minimum absolute atomic E-state index is 0.0238. The zero-order chi connectivity index (χ0) is 11.6. The monoisotopic (exact) mass is 222 g/mol. The maximum absolute atomic E-state index is 10.7. The van der Waals surface area contributed by atoms with E-state index in [4.69, 9.17) is 0 Å². The quantitative estimate of drug-likeness (QED) is 0.509. The van der Waals surface area contributed by atoms with Crippen LogP contribution in [0, 0.1) is 0 Å². The van der Waals surface area contributed by atoms with E-state index in [1.165, 1.54) is 18.2 Å². The molecule has 5 heteroatoms. The molecule has 0 spiro atoms. The van der Waals surface area contributed by atoms with Gasteiger partial charge in [-0.2, -0.15) is 0 Å². The molecule has 4 N–H and O–H groups in total. The Labute approximate surface area is 93.1 Å². The van der Waals surface area contributed by atoms with E-state index in [0.29, 0.717) is 30.5 Å². The van der Waals surface area contributed by atoms with E-state index in [2.05, 4.69) is 10.6 Å². The number of benzene rings is 1. The first-order valence-corrected chi connectivity index (χ1v) is 5.12. The van der Waals surface area contributed by atoms with Crippen molar-refractivity contribution in [2.45, 2.75) is 5.72 Å². The number of phenolic OH excluding ortho intramolecular Hbond substituents is 1. The van der Waals surface area contributed by atoms with Crippen molar-refractivity contribution in [3.63, 3.8) is 0 Å². The Morgan fingerprint density at radius 2 is 2.19 bits per heavy atom. The van der Waals surface area contributed by atoms with Gasteiger partial charge in [0, 0.05) is 30.8 Å². The van der Waals surface area contributed by atoms with Gasteiger partial charge in [-0.15, -0.1) is 0 Å². The number of aliphatic hydroxyl groups is 1. The lowest BCUT2D eigenvalue weighted by atomic mass is 9.98. The standard InChI is InChI=1S/C11H14N2O3/c14-6-8-1-2-10(15)9(5-8)11(16)7-12-3-4-13-11/h1-2,5-6,12-13,15-16H,3-4,7H2/t11-/m1/s1. The topological polar surface area (TPSA) is 81.6 Å². The molecule has 1 aliphatic rings. The van der Waals surface area contributed by atoms with Crippen LogP contribution in [-0.4, -0.2) is 36.1 Å². The molecule has 1 aliphatic heterocycles. The van der Waals surface area contributed by atoms with Gasteiger partial charge < -0.3 is 15.5 Å². The predicted octanol–water partition coefficient (Wildman–Crippen LogP) is -0.457. The molecule has 86 valence electrons. The molecule has 1 atom stereocenters. The first kappa shape index (κ1) is 11.1. The normalized spacial score (nSPS) is 25.3. The van der Waals surface area contributed by atoms with Gasteiger partial charge >= 0.3 is 0 Å². The molecule has 0 bridgehead atoms. The van der Waals surface area contributed by atoms with Crippen LogP contribution in [0.15, 0.2) is 18.2 Å². The Kier molecular flexibility index (Phi) is 2.91. The van der Waals surface area contributed by atoms with Gasteiger partial charge in [-0.3, -0.25) is 10.1 Å². The van der Waals surface area contributed by atoms with Gasteiger partial charge in [0.25, 0.3) is 0 Å². The second-order valence-electron chi connectivity index (χ2n) is 3.86. The van der Waals surface area contributed by atoms with Crippen LogP contribution in [0.3, 0.4) is 0 Å². The number of carbonyl (C=O) groups is 1. The molecule has 16 heavy (non-hydrogen) atoms. The van der Waals surface area contributed by atoms with Gasteiger partial charge in [0.15, 0.2) is 5.72 Å². The van der Waals surface area contributed by atoms with Gasteiger partial charge in [-0.1, -0.05) is 0 Å². The summed E-state index contributed by atoms with van der Waals surface area (Å²) >= 11 is 0. The summed E-state index contributed by atoms with van der Waals surface area (Å²) in [6.07, 6.45) is 0.683. The van der Waals surface area contributed by atoms with Crippen LogP contribution in [0.2, 0.25) is 0 Å². The van der Waals surface area contributed by atoms with Crippen molar-refractivity contribution in [1.29, 1.82) is 0 Å². The summed E-state index contributed by atoms with van der Waals surface area (Å²) in [5.41, 5.74) is -0.570. The average Bonchev–Trinajstić information content (AvgIpc) is 2.30. The maximum atomic E-state index is 10.7. The van der Waals surface area contributed by atoms with Gasteiger partial charge in [-0.05, 0) is 18.2 Å². The van der Waals surface area contributed by atoms with Crippen LogP contribution in [0.5, 0.6) is 5.75 Å². The van der Waals surface area contributed by atoms with Gasteiger partial charge in [0.2, 0.25) is 0 Å². The third-order valence-electron chi connectivity index (χ3n) is 2.70. The number of nitrogens with one attached hydrogen (secondary N) is 2. The first-order chi connectivity index (χ1) is 7.65. The van der Waals surface area contributed by atoms with Crippen LogP contribution in [0.1, 0.15) is 15.9 Å². The van der Waals surface area contributed by atoms with Gasteiger partial charge in [0.05, 0.1) is 0 Å². The first-order valence-electron chi connectivity index (χ1n) is 5.12. The SMILES string of the molecule is O=Cc1ccc(O)c([C@]2(O)CNCCN2)c1. The summed E-state index contributed by atoms with van der Waals surface area (Å²) in [6, 6.07) is 4.40. The highest BCUT2D eigenvalue weighted by molar-refractivity contribution is 5.75. The average molecular weight is 222 g/mol. The number of hydrogen-bond donors (Lipinski definition) is 4. The summed E-state index contributed by atoms with van der Waals surface area (Å²) in [5.74, 6) is -0.0238. The van der Waals surface area contributed by atoms with Crippen LogP contribution in [0.25, 0.3) is 0 Å². The zero-order valence-corrected chi connectivity index (χ0v) is 8.73. The number of β-amino-alcohol motifs (C(OH)–C–C–N with tert-alkyl or cyclic N) is 1. The smallest absolute Gasteiger partial charge is 0.158 e. The molecule has 0 saturated carbocycles. The minimum Gasteiger partial charge on any atom is -0.508 e. The van der Waals surface area contributed by atoms with Crippen LogP contribution in [0.4, 0.5) is 0 Å². The zero-order valence-electron chi connectivity index (χ0n) is 8.73. The molecule has 1 aromatic rings. The Bertz CT molecular complexity index is 400. The van der Waals surface area contributed by atoms with Gasteiger partial charge in [0.1, 0.15) is 12.0 Å². The van der Waals surface area contributed by atoms with Crippen molar-refractivity contribution in [2.24, 2.45) is 0 Å². The number of piperazine rings is 1. The number of aldehydes is 1. The predicted molar refractivity (Wildman–Crippen MR) is 58.3 cm³/mol. The van der Waals surface area contributed by atoms with E-state index < -0.39 is 5.72 Å². The van der Waals surface area contributed by atoms with Crippen molar-refractivity contribution in [3.05, 3.63) is 29.3 Å². The van der Waals surface area contributed by atoms with Crippen molar-refractivity contribution in [2.75, 3.05) is 19.6 Å². The molecule has 0 aromatic heterocycles. The van der Waals surface area contributed by atoms with E-state index in [9.17, 15) is 15.0 Å². The molecule has 1 aromatic carbocycles. The summed E-state index contributed by atoms with van der Waals surface area (Å²) in [5, 5.41) is 25.9. The van der Waals surface area contributed by atoms with E-state index in [1.54, 1.807) is 0 Å². The molecule has 0 amide bonds. The summed E-state index contributed by atoms with van der Waals surface area (Å²) in [6.45, 7) is 1.65. The number of hydrogen-bond acceptors (Lipinski definition) is 5. The fourth-order valence-electron chi connectivity index (χ4n) is 1.84. The Balaban J connectivity index is 2.40. The van der Waals surface area contributed by atoms with Gasteiger partial charge in [-0.25, -0.2) is 0 Å². The van der Waals surface area contributed by atoms with Crippen LogP contribution >= 0.6 is 0 Å². The second-order valence-corrected chi connectivity index (χ2v) is 3.86. The number of carbonyl (C=O) groups excluding carboxylic acids is 1.